The van der Waals surface area contributed by atoms with Gasteiger partial charge in [0.15, 0.2) is 0 Å². The predicted molar refractivity (Wildman–Crippen MR) is 84.9 cm³/mol. The number of methoxy groups -OCH3 is 3. The highest BCUT2D eigenvalue weighted by atomic mass is 35.5. The van der Waals surface area contributed by atoms with Crippen LogP contribution in [0.4, 0.5) is 5.69 Å². The topological polar surface area (TPSA) is 39.7 Å². The van der Waals surface area contributed by atoms with Crippen molar-refractivity contribution >= 4 is 17.3 Å². The van der Waals surface area contributed by atoms with Gasteiger partial charge >= 0.3 is 0 Å². The standard InChI is InChI=1S/C16H18ClNO3/c1-19-14-7-5-4-6-11(14)10-18-13-9-15(20-2)12(17)8-16(13)21-3/h4-9,18H,10H2,1-3H3. The first-order chi connectivity index (χ1) is 10.2. The first-order valence-corrected chi connectivity index (χ1v) is 6.84. The van der Waals surface area contributed by atoms with Gasteiger partial charge < -0.3 is 19.5 Å². The molecule has 0 aliphatic carbocycles. The average Bonchev–Trinajstić information content (AvgIpc) is 2.53. The van der Waals surface area contributed by atoms with E-state index in [0.29, 0.717) is 23.1 Å². The quantitative estimate of drug-likeness (QED) is 0.876. The summed E-state index contributed by atoms with van der Waals surface area (Å²) in [6, 6.07) is 11.4. The molecule has 0 bridgehead atoms. The molecule has 4 nitrogen and oxygen atoms in total. The summed E-state index contributed by atoms with van der Waals surface area (Å²) in [5.41, 5.74) is 1.86. The molecule has 0 atom stereocenters. The molecular weight excluding hydrogens is 290 g/mol. The Bertz CT molecular complexity index is 616. The highest BCUT2D eigenvalue weighted by Gasteiger charge is 2.10. The summed E-state index contributed by atoms with van der Waals surface area (Å²) in [4.78, 5) is 0. The van der Waals surface area contributed by atoms with Gasteiger partial charge in [-0.15, -0.1) is 0 Å². The van der Waals surface area contributed by atoms with Crippen molar-refractivity contribution in [1.29, 1.82) is 0 Å². The van der Waals surface area contributed by atoms with Crippen LogP contribution in [-0.2, 0) is 6.54 Å². The summed E-state index contributed by atoms with van der Waals surface area (Å²) in [6.07, 6.45) is 0. The molecule has 5 heteroatoms. The minimum absolute atomic E-state index is 0.511. The van der Waals surface area contributed by atoms with Gasteiger partial charge in [-0.25, -0.2) is 0 Å². The van der Waals surface area contributed by atoms with Crippen LogP contribution in [0.25, 0.3) is 0 Å². The SMILES string of the molecule is COc1cc(NCc2ccccc2OC)c(OC)cc1Cl. The van der Waals surface area contributed by atoms with E-state index in [1.54, 1.807) is 27.4 Å². The van der Waals surface area contributed by atoms with Gasteiger partial charge in [0.05, 0.1) is 32.0 Å². The van der Waals surface area contributed by atoms with Crippen LogP contribution in [0.2, 0.25) is 5.02 Å². The van der Waals surface area contributed by atoms with Crippen molar-refractivity contribution in [3.05, 3.63) is 47.0 Å². The maximum Gasteiger partial charge on any atom is 0.143 e. The van der Waals surface area contributed by atoms with Crippen molar-refractivity contribution in [2.24, 2.45) is 0 Å². The number of halogens is 1. The van der Waals surface area contributed by atoms with Crippen molar-refractivity contribution < 1.29 is 14.2 Å². The van der Waals surface area contributed by atoms with Crippen LogP contribution in [0.1, 0.15) is 5.56 Å². The zero-order chi connectivity index (χ0) is 15.2. The Balaban J connectivity index is 2.23. The molecule has 0 aliphatic heterocycles. The third kappa shape index (κ3) is 3.52. The molecule has 2 aromatic carbocycles. The lowest BCUT2D eigenvalue weighted by Gasteiger charge is -2.15. The van der Waals surface area contributed by atoms with Crippen LogP contribution < -0.4 is 19.5 Å². The zero-order valence-electron chi connectivity index (χ0n) is 12.3. The molecule has 0 fully saturated rings. The molecule has 21 heavy (non-hydrogen) atoms. The number of hydrogen-bond donors (Lipinski definition) is 1. The zero-order valence-corrected chi connectivity index (χ0v) is 13.0. The third-order valence-corrected chi connectivity index (χ3v) is 3.43. The monoisotopic (exact) mass is 307 g/mol. The van der Waals surface area contributed by atoms with Crippen LogP contribution in [0.5, 0.6) is 17.2 Å². The molecule has 112 valence electrons. The summed E-state index contributed by atoms with van der Waals surface area (Å²) in [7, 11) is 4.84. The molecule has 0 heterocycles. The molecule has 0 amide bonds. The van der Waals surface area contributed by atoms with E-state index in [2.05, 4.69) is 5.32 Å². The van der Waals surface area contributed by atoms with Gasteiger partial charge in [-0.2, -0.15) is 0 Å². The first-order valence-electron chi connectivity index (χ1n) is 6.47. The highest BCUT2D eigenvalue weighted by Crippen LogP contribution is 2.36. The van der Waals surface area contributed by atoms with E-state index in [4.69, 9.17) is 25.8 Å². The lowest BCUT2D eigenvalue weighted by atomic mass is 10.2. The Hall–Kier alpha value is -2.07. The van der Waals surface area contributed by atoms with E-state index >= 15 is 0 Å². The smallest absolute Gasteiger partial charge is 0.143 e. The van der Waals surface area contributed by atoms with Gasteiger partial charge in [-0.05, 0) is 6.07 Å². The number of nitrogens with one attached hydrogen (secondary N) is 1. The van der Waals surface area contributed by atoms with Gasteiger partial charge in [0.25, 0.3) is 0 Å². The second-order valence-corrected chi connectivity index (χ2v) is 4.76. The van der Waals surface area contributed by atoms with Crippen LogP contribution in [0.3, 0.4) is 0 Å². The van der Waals surface area contributed by atoms with Crippen molar-refractivity contribution in [3.8, 4) is 17.2 Å². The Morgan fingerprint density at radius 2 is 1.57 bits per heavy atom. The molecular formula is C16H18ClNO3. The van der Waals surface area contributed by atoms with Crippen LogP contribution in [-0.4, -0.2) is 21.3 Å². The predicted octanol–water partition coefficient (Wildman–Crippen LogP) is 3.98. The molecule has 0 unspecified atom stereocenters. The van der Waals surface area contributed by atoms with Gasteiger partial charge in [-0.1, -0.05) is 29.8 Å². The molecule has 0 saturated carbocycles. The number of benzene rings is 2. The average molecular weight is 308 g/mol. The minimum atomic E-state index is 0.511. The summed E-state index contributed by atoms with van der Waals surface area (Å²) in [6.45, 7) is 0.602. The lowest BCUT2D eigenvalue weighted by Crippen LogP contribution is -2.03. The largest absolute Gasteiger partial charge is 0.496 e. The Kier molecular flexibility index (Phi) is 5.17. The van der Waals surface area contributed by atoms with Gasteiger partial charge in [0.1, 0.15) is 17.2 Å². The second-order valence-electron chi connectivity index (χ2n) is 4.35. The maximum absolute atomic E-state index is 6.09. The van der Waals surface area contributed by atoms with E-state index in [0.717, 1.165) is 17.0 Å². The van der Waals surface area contributed by atoms with E-state index in [1.165, 1.54) is 0 Å². The highest BCUT2D eigenvalue weighted by molar-refractivity contribution is 6.32. The molecule has 0 aliphatic rings. The number of anilines is 1. The van der Waals surface area contributed by atoms with Gasteiger partial charge in [0.2, 0.25) is 0 Å². The Labute approximate surface area is 129 Å². The van der Waals surface area contributed by atoms with Crippen LogP contribution >= 0.6 is 11.6 Å². The summed E-state index contributed by atoms with van der Waals surface area (Å²) < 4.78 is 15.9. The second kappa shape index (κ2) is 7.09. The Morgan fingerprint density at radius 1 is 0.905 bits per heavy atom. The van der Waals surface area contributed by atoms with E-state index in [9.17, 15) is 0 Å². The van der Waals surface area contributed by atoms with Crippen molar-refractivity contribution in [2.45, 2.75) is 6.54 Å². The lowest BCUT2D eigenvalue weighted by molar-refractivity contribution is 0.404. The van der Waals surface area contributed by atoms with Crippen molar-refractivity contribution in [3.63, 3.8) is 0 Å². The fraction of sp³-hybridized carbons (Fsp3) is 0.250. The molecule has 0 saturated heterocycles. The molecule has 2 rings (SSSR count). The van der Waals surface area contributed by atoms with E-state index in [-0.39, 0.29) is 0 Å². The summed E-state index contributed by atoms with van der Waals surface area (Å²) in [5, 5.41) is 3.82. The number of para-hydroxylation sites is 1. The normalized spacial score (nSPS) is 10.1. The summed E-state index contributed by atoms with van der Waals surface area (Å²) >= 11 is 6.09. The Morgan fingerprint density at radius 3 is 2.24 bits per heavy atom. The maximum atomic E-state index is 6.09. The first kappa shape index (κ1) is 15.3. The van der Waals surface area contributed by atoms with E-state index in [1.807, 2.05) is 30.3 Å². The van der Waals surface area contributed by atoms with Gasteiger partial charge in [-0.3, -0.25) is 0 Å². The van der Waals surface area contributed by atoms with Crippen LogP contribution in [0, 0.1) is 0 Å². The molecule has 0 aromatic heterocycles. The third-order valence-electron chi connectivity index (χ3n) is 3.14. The fourth-order valence-electron chi connectivity index (χ4n) is 2.04. The van der Waals surface area contributed by atoms with Crippen LogP contribution in [0.15, 0.2) is 36.4 Å². The fourth-order valence-corrected chi connectivity index (χ4v) is 2.27. The molecule has 0 radical (unpaired) electrons. The molecule has 1 N–H and O–H groups in total. The number of ether oxygens (including phenoxy) is 3. The van der Waals surface area contributed by atoms with Crippen molar-refractivity contribution in [1.82, 2.24) is 0 Å². The molecule has 2 aromatic rings. The summed E-state index contributed by atoms with van der Waals surface area (Å²) in [5.74, 6) is 2.10. The van der Waals surface area contributed by atoms with Crippen molar-refractivity contribution in [2.75, 3.05) is 26.6 Å². The van der Waals surface area contributed by atoms with E-state index < -0.39 is 0 Å². The van der Waals surface area contributed by atoms with Gasteiger partial charge in [0, 0.05) is 24.2 Å². The number of hydrogen-bond acceptors (Lipinski definition) is 4. The molecule has 0 spiro atoms. The minimum Gasteiger partial charge on any atom is -0.496 e. The number of rotatable bonds is 6.